The normalized spacial score (nSPS) is 23.8. The molecule has 1 heteroatoms. The molecule has 0 spiro atoms. The fourth-order valence-corrected chi connectivity index (χ4v) is 2.40. The molecule has 1 unspecified atom stereocenters. The highest BCUT2D eigenvalue weighted by atomic mass is 15.2. The van der Waals surface area contributed by atoms with Crippen molar-refractivity contribution in [3.05, 3.63) is 29.3 Å². The molecule has 0 aromatic heterocycles. The van der Waals surface area contributed by atoms with Crippen molar-refractivity contribution in [2.75, 3.05) is 11.9 Å². The summed E-state index contributed by atoms with van der Waals surface area (Å²) in [5.41, 5.74) is 4.51. The van der Waals surface area contributed by atoms with E-state index >= 15 is 0 Å². The van der Waals surface area contributed by atoms with E-state index in [1.807, 2.05) is 0 Å². The number of nitrogens with zero attached hydrogens (tertiary/aromatic N) is 1. The SMILES string of the molecule is Cc1ccc2c(c1)N(C)C(C)C2(C)C. The molecule has 1 aromatic carbocycles. The summed E-state index contributed by atoms with van der Waals surface area (Å²) in [6.45, 7) is 9.12. The van der Waals surface area contributed by atoms with E-state index in [2.05, 4.69) is 57.8 Å². The van der Waals surface area contributed by atoms with Crippen molar-refractivity contribution in [1.29, 1.82) is 0 Å². The zero-order valence-corrected chi connectivity index (χ0v) is 9.76. The van der Waals surface area contributed by atoms with Gasteiger partial charge >= 0.3 is 0 Å². The fourth-order valence-electron chi connectivity index (χ4n) is 2.40. The summed E-state index contributed by atoms with van der Waals surface area (Å²) in [6.07, 6.45) is 0. The van der Waals surface area contributed by atoms with E-state index < -0.39 is 0 Å². The molecular weight excluding hydrogens is 170 g/mol. The van der Waals surface area contributed by atoms with Gasteiger partial charge in [-0.2, -0.15) is 0 Å². The van der Waals surface area contributed by atoms with Gasteiger partial charge < -0.3 is 4.90 Å². The van der Waals surface area contributed by atoms with Crippen LogP contribution >= 0.6 is 0 Å². The van der Waals surface area contributed by atoms with Crippen molar-refractivity contribution >= 4 is 5.69 Å². The summed E-state index contributed by atoms with van der Waals surface area (Å²) in [4.78, 5) is 2.39. The van der Waals surface area contributed by atoms with E-state index in [9.17, 15) is 0 Å². The molecule has 0 bridgehead atoms. The minimum atomic E-state index is 0.276. The van der Waals surface area contributed by atoms with Crippen LogP contribution in [0.1, 0.15) is 31.9 Å². The summed E-state index contributed by atoms with van der Waals surface area (Å²) in [5, 5.41) is 0. The van der Waals surface area contributed by atoms with E-state index in [-0.39, 0.29) is 5.41 Å². The first kappa shape index (κ1) is 9.57. The molecule has 1 nitrogen and oxygen atoms in total. The minimum Gasteiger partial charge on any atom is -0.371 e. The van der Waals surface area contributed by atoms with Gasteiger partial charge in [-0.15, -0.1) is 0 Å². The molecule has 1 heterocycles. The highest BCUT2D eigenvalue weighted by molar-refractivity contribution is 5.64. The molecule has 1 aliphatic rings. The Kier molecular flexibility index (Phi) is 1.88. The van der Waals surface area contributed by atoms with Crippen molar-refractivity contribution < 1.29 is 0 Å². The van der Waals surface area contributed by atoms with Crippen LogP contribution in [0.25, 0.3) is 0 Å². The number of fused-ring (bicyclic) bond motifs is 1. The van der Waals surface area contributed by atoms with E-state index in [0.29, 0.717) is 6.04 Å². The lowest BCUT2D eigenvalue weighted by Gasteiger charge is -2.28. The van der Waals surface area contributed by atoms with Gasteiger partial charge in [-0.05, 0) is 31.0 Å². The second kappa shape index (κ2) is 2.75. The molecule has 0 N–H and O–H groups in total. The van der Waals surface area contributed by atoms with Crippen LogP contribution in [0.4, 0.5) is 5.69 Å². The zero-order chi connectivity index (χ0) is 10.5. The fraction of sp³-hybridized carbons (Fsp3) is 0.538. The molecule has 0 radical (unpaired) electrons. The molecule has 2 rings (SSSR count). The highest BCUT2D eigenvalue weighted by Gasteiger charge is 2.39. The average molecular weight is 189 g/mol. The van der Waals surface area contributed by atoms with Crippen molar-refractivity contribution in [2.24, 2.45) is 0 Å². The Morgan fingerprint density at radius 2 is 1.93 bits per heavy atom. The van der Waals surface area contributed by atoms with E-state index in [4.69, 9.17) is 0 Å². The lowest BCUT2D eigenvalue weighted by Crippen LogP contribution is -2.36. The average Bonchev–Trinajstić information content (AvgIpc) is 2.28. The smallest absolute Gasteiger partial charge is 0.0407 e. The maximum Gasteiger partial charge on any atom is 0.0407 e. The van der Waals surface area contributed by atoms with Gasteiger partial charge in [0, 0.05) is 24.2 Å². The first-order valence-electron chi connectivity index (χ1n) is 5.28. The van der Waals surface area contributed by atoms with Gasteiger partial charge in [0.15, 0.2) is 0 Å². The van der Waals surface area contributed by atoms with Crippen molar-refractivity contribution in [3.8, 4) is 0 Å². The third-order valence-electron chi connectivity index (χ3n) is 3.85. The summed E-state index contributed by atoms with van der Waals surface area (Å²) < 4.78 is 0. The lowest BCUT2D eigenvalue weighted by molar-refractivity contribution is 0.454. The van der Waals surface area contributed by atoms with Crippen LogP contribution in [0, 0.1) is 6.92 Å². The summed E-state index contributed by atoms with van der Waals surface area (Å²) in [5.74, 6) is 0. The van der Waals surface area contributed by atoms with Crippen molar-refractivity contribution in [3.63, 3.8) is 0 Å². The Morgan fingerprint density at radius 3 is 2.57 bits per heavy atom. The quantitative estimate of drug-likeness (QED) is 0.606. The van der Waals surface area contributed by atoms with Gasteiger partial charge in [0.25, 0.3) is 0 Å². The Labute approximate surface area is 86.7 Å². The number of hydrogen-bond acceptors (Lipinski definition) is 1. The third-order valence-corrected chi connectivity index (χ3v) is 3.85. The van der Waals surface area contributed by atoms with Gasteiger partial charge in [-0.3, -0.25) is 0 Å². The monoisotopic (exact) mass is 189 g/mol. The minimum absolute atomic E-state index is 0.276. The van der Waals surface area contributed by atoms with Crippen LogP contribution in [0.2, 0.25) is 0 Å². The predicted molar refractivity (Wildman–Crippen MR) is 62.1 cm³/mol. The third kappa shape index (κ3) is 1.08. The summed E-state index contributed by atoms with van der Waals surface area (Å²) in [7, 11) is 2.19. The molecule has 0 amide bonds. The van der Waals surface area contributed by atoms with Crippen LogP contribution in [-0.4, -0.2) is 13.1 Å². The van der Waals surface area contributed by atoms with Gasteiger partial charge in [0.05, 0.1) is 0 Å². The van der Waals surface area contributed by atoms with E-state index in [0.717, 1.165) is 0 Å². The summed E-state index contributed by atoms with van der Waals surface area (Å²) in [6, 6.07) is 7.37. The van der Waals surface area contributed by atoms with Crippen molar-refractivity contribution in [1.82, 2.24) is 0 Å². The van der Waals surface area contributed by atoms with E-state index in [1.54, 1.807) is 0 Å². The zero-order valence-electron chi connectivity index (χ0n) is 9.76. The lowest BCUT2D eigenvalue weighted by atomic mass is 9.81. The van der Waals surface area contributed by atoms with Gasteiger partial charge in [-0.1, -0.05) is 26.0 Å². The first-order chi connectivity index (χ1) is 6.44. The van der Waals surface area contributed by atoms with Crippen LogP contribution in [-0.2, 0) is 5.41 Å². The molecule has 76 valence electrons. The van der Waals surface area contributed by atoms with E-state index in [1.165, 1.54) is 16.8 Å². The second-order valence-electron chi connectivity index (χ2n) is 5.03. The maximum absolute atomic E-state index is 2.39. The number of likely N-dealkylation sites (N-methyl/N-ethyl adjacent to an activating group) is 1. The van der Waals surface area contributed by atoms with Crippen molar-refractivity contribution in [2.45, 2.75) is 39.2 Å². The van der Waals surface area contributed by atoms with Gasteiger partial charge in [0.2, 0.25) is 0 Å². The number of hydrogen-bond donors (Lipinski definition) is 0. The predicted octanol–water partition coefficient (Wildman–Crippen LogP) is 3.11. The number of rotatable bonds is 0. The Bertz CT molecular complexity index is 365. The van der Waals surface area contributed by atoms with Crippen LogP contribution in [0.5, 0.6) is 0 Å². The first-order valence-corrected chi connectivity index (χ1v) is 5.28. The molecule has 0 saturated carbocycles. The van der Waals surface area contributed by atoms with Gasteiger partial charge in [0.1, 0.15) is 0 Å². The van der Waals surface area contributed by atoms with Gasteiger partial charge in [-0.25, -0.2) is 0 Å². The maximum atomic E-state index is 2.39. The molecular formula is C13H19N. The van der Waals surface area contributed by atoms with Crippen LogP contribution in [0.3, 0.4) is 0 Å². The molecule has 0 aliphatic carbocycles. The molecule has 0 fully saturated rings. The molecule has 1 aromatic rings. The second-order valence-corrected chi connectivity index (χ2v) is 5.03. The highest BCUT2D eigenvalue weighted by Crippen LogP contribution is 2.44. The topological polar surface area (TPSA) is 3.24 Å². The molecule has 1 atom stereocenters. The summed E-state index contributed by atoms with van der Waals surface area (Å²) >= 11 is 0. The number of aryl methyl sites for hydroxylation is 1. The molecule has 14 heavy (non-hydrogen) atoms. The van der Waals surface area contributed by atoms with Crippen LogP contribution in [0.15, 0.2) is 18.2 Å². The molecule has 1 aliphatic heterocycles. The largest absolute Gasteiger partial charge is 0.371 e. The molecule has 0 saturated heterocycles. The Balaban J connectivity index is 2.62. The van der Waals surface area contributed by atoms with Crippen LogP contribution < -0.4 is 4.90 Å². The standard InChI is InChI=1S/C13H19N/c1-9-6-7-11-12(8-9)14(5)10(2)13(11,3)4/h6-8,10H,1-5H3. The Morgan fingerprint density at radius 1 is 1.29 bits per heavy atom. The number of anilines is 1. The number of benzene rings is 1. The Hall–Kier alpha value is -0.980.